The Balaban J connectivity index is 1.78. The molecule has 1 saturated heterocycles. The van der Waals surface area contributed by atoms with Crippen LogP contribution in [0.4, 0.5) is 0 Å². The van der Waals surface area contributed by atoms with E-state index in [9.17, 15) is 0 Å². The van der Waals surface area contributed by atoms with Crippen molar-refractivity contribution in [2.24, 2.45) is 11.7 Å². The molecule has 0 aromatic rings. The first-order valence-electron chi connectivity index (χ1n) is 5.81. The lowest BCUT2D eigenvalue weighted by molar-refractivity contribution is 0.215. The predicted molar refractivity (Wildman–Crippen MR) is 63.7 cm³/mol. The molecule has 0 aromatic heterocycles. The number of nitrogens with zero attached hydrogens (tertiary/aromatic N) is 1. The Labute approximate surface area is 91.6 Å². The van der Waals surface area contributed by atoms with Gasteiger partial charge in [-0.25, -0.2) is 0 Å². The Morgan fingerprint density at radius 1 is 1.36 bits per heavy atom. The summed E-state index contributed by atoms with van der Waals surface area (Å²) in [7, 11) is 2.28. The molecule has 0 bridgehead atoms. The van der Waals surface area contributed by atoms with Gasteiger partial charge in [-0.15, -0.1) is 0 Å². The lowest BCUT2D eigenvalue weighted by Crippen LogP contribution is -2.39. The quantitative estimate of drug-likeness (QED) is 0.773. The highest BCUT2D eigenvalue weighted by Gasteiger charge is 2.28. The first-order chi connectivity index (χ1) is 6.77. The smallest absolute Gasteiger partial charge is 0.0191 e. The van der Waals surface area contributed by atoms with E-state index in [1.165, 1.54) is 43.7 Å². The van der Waals surface area contributed by atoms with Crippen LogP contribution in [0, 0.1) is 5.92 Å². The molecule has 0 amide bonds. The van der Waals surface area contributed by atoms with Crippen molar-refractivity contribution in [3.05, 3.63) is 0 Å². The fraction of sp³-hybridized carbons (Fsp3) is 1.00. The van der Waals surface area contributed by atoms with Crippen LogP contribution < -0.4 is 5.73 Å². The van der Waals surface area contributed by atoms with Crippen molar-refractivity contribution in [2.45, 2.75) is 37.8 Å². The molecule has 82 valence electrons. The Morgan fingerprint density at radius 3 is 2.79 bits per heavy atom. The predicted octanol–water partition coefficient (Wildman–Crippen LogP) is 1.55. The third-order valence-corrected chi connectivity index (χ3v) is 4.91. The number of hydrogen-bond donors (Lipinski definition) is 1. The van der Waals surface area contributed by atoms with Crippen molar-refractivity contribution < 1.29 is 0 Å². The second-order valence-electron chi connectivity index (χ2n) is 4.81. The summed E-state index contributed by atoms with van der Waals surface area (Å²) in [4.78, 5) is 2.55. The van der Waals surface area contributed by atoms with E-state index in [-0.39, 0.29) is 0 Å². The Kier molecular flexibility index (Phi) is 3.74. The second kappa shape index (κ2) is 4.86. The van der Waals surface area contributed by atoms with Gasteiger partial charge in [0.15, 0.2) is 0 Å². The van der Waals surface area contributed by atoms with Crippen molar-refractivity contribution in [2.75, 3.05) is 25.1 Å². The van der Waals surface area contributed by atoms with Crippen LogP contribution in [-0.4, -0.2) is 42.1 Å². The molecule has 2 N–H and O–H groups in total. The van der Waals surface area contributed by atoms with Crippen molar-refractivity contribution in [3.63, 3.8) is 0 Å². The molecular formula is C11H22N2S. The summed E-state index contributed by atoms with van der Waals surface area (Å²) >= 11 is 2.10. The van der Waals surface area contributed by atoms with E-state index in [1.54, 1.807) is 0 Å². The number of hydrogen-bond acceptors (Lipinski definition) is 3. The van der Waals surface area contributed by atoms with Crippen LogP contribution in [0.3, 0.4) is 0 Å². The third-order valence-electron chi connectivity index (χ3n) is 3.77. The lowest BCUT2D eigenvalue weighted by atomic mass is 10.0. The maximum absolute atomic E-state index is 6.09. The minimum Gasteiger partial charge on any atom is -0.327 e. The fourth-order valence-corrected chi connectivity index (χ4v) is 3.98. The van der Waals surface area contributed by atoms with Crippen molar-refractivity contribution in [1.29, 1.82) is 0 Å². The van der Waals surface area contributed by atoms with E-state index >= 15 is 0 Å². The molecule has 0 spiro atoms. The summed E-state index contributed by atoms with van der Waals surface area (Å²) in [5, 5.41) is 0. The summed E-state index contributed by atoms with van der Waals surface area (Å²) < 4.78 is 0. The second-order valence-corrected chi connectivity index (χ2v) is 5.96. The van der Waals surface area contributed by atoms with Gasteiger partial charge in [0.25, 0.3) is 0 Å². The highest BCUT2D eigenvalue weighted by molar-refractivity contribution is 7.99. The Morgan fingerprint density at radius 2 is 2.21 bits per heavy atom. The fourth-order valence-electron chi connectivity index (χ4n) is 2.68. The normalized spacial score (nSPS) is 38.4. The van der Waals surface area contributed by atoms with Crippen molar-refractivity contribution in [3.8, 4) is 0 Å². The highest BCUT2D eigenvalue weighted by atomic mass is 32.2. The van der Waals surface area contributed by atoms with Gasteiger partial charge in [0.1, 0.15) is 0 Å². The molecule has 3 heteroatoms. The van der Waals surface area contributed by atoms with Crippen LogP contribution in [0.2, 0.25) is 0 Å². The van der Waals surface area contributed by atoms with E-state index in [4.69, 9.17) is 5.73 Å². The largest absolute Gasteiger partial charge is 0.327 e. The molecule has 0 aromatic carbocycles. The standard InChI is InChI=1S/C11H22N2S/c1-13(10-5-6-14-8-10)7-9-3-2-4-11(9)12/h9-11H,2-8,12H2,1H3. The van der Waals surface area contributed by atoms with Crippen molar-refractivity contribution >= 4 is 11.8 Å². The van der Waals surface area contributed by atoms with Gasteiger partial charge in [0.2, 0.25) is 0 Å². The van der Waals surface area contributed by atoms with Gasteiger partial charge in [-0.1, -0.05) is 6.42 Å². The number of nitrogens with two attached hydrogens (primary N) is 1. The molecule has 14 heavy (non-hydrogen) atoms. The molecule has 1 aliphatic heterocycles. The number of thioether (sulfide) groups is 1. The summed E-state index contributed by atoms with van der Waals surface area (Å²) in [5.74, 6) is 3.45. The average molecular weight is 214 g/mol. The lowest BCUT2D eigenvalue weighted by Gasteiger charge is -2.28. The molecule has 2 rings (SSSR count). The van der Waals surface area contributed by atoms with Gasteiger partial charge in [0.05, 0.1) is 0 Å². The summed E-state index contributed by atoms with van der Waals surface area (Å²) in [5.41, 5.74) is 6.09. The van der Waals surface area contributed by atoms with Gasteiger partial charge in [0, 0.05) is 24.4 Å². The maximum Gasteiger partial charge on any atom is 0.0191 e. The van der Waals surface area contributed by atoms with E-state index in [0.29, 0.717) is 6.04 Å². The van der Waals surface area contributed by atoms with Crippen LogP contribution in [0.15, 0.2) is 0 Å². The zero-order valence-corrected chi connectivity index (χ0v) is 9.93. The molecule has 3 atom stereocenters. The van der Waals surface area contributed by atoms with Gasteiger partial charge >= 0.3 is 0 Å². The van der Waals surface area contributed by atoms with Crippen LogP contribution in [0.1, 0.15) is 25.7 Å². The van der Waals surface area contributed by atoms with E-state index < -0.39 is 0 Å². The minimum atomic E-state index is 0.478. The molecule has 1 heterocycles. The third kappa shape index (κ3) is 2.44. The number of rotatable bonds is 3. The first kappa shape index (κ1) is 10.8. The first-order valence-corrected chi connectivity index (χ1v) is 6.96. The molecule has 2 aliphatic rings. The van der Waals surface area contributed by atoms with Gasteiger partial charge < -0.3 is 10.6 Å². The summed E-state index contributed by atoms with van der Waals surface area (Å²) in [6, 6.07) is 1.30. The topological polar surface area (TPSA) is 29.3 Å². The van der Waals surface area contributed by atoms with E-state index in [0.717, 1.165) is 12.0 Å². The molecule has 2 fully saturated rings. The molecule has 2 nitrogen and oxygen atoms in total. The molecular weight excluding hydrogens is 192 g/mol. The summed E-state index contributed by atoms with van der Waals surface area (Å²) in [6.07, 6.45) is 5.32. The van der Waals surface area contributed by atoms with Crippen LogP contribution >= 0.6 is 11.8 Å². The molecule has 3 unspecified atom stereocenters. The van der Waals surface area contributed by atoms with Crippen molar-refractivity contribution in [1.82, 2.24) is 4.90 Å². The monoisotopic (exact) mass is 214 g/mol. The van der Waals surface area contributed by atoms with E-state index in [1.807, 2.05) is 0 Å². The van der Waals surface area contributed by atoms with Gasteiger partial charge in [-0.2, -0.15) is 11.8 Å². The zero-order chi connectivity index (χ0) is 9.97. The van der Waals surface area contributed by atoms with Gasteiger partial charge in [-0.3, -0.25) is 0 Å². The zero-order valence-electron chi connectivity index (χ0n) is 9.11. The Hall–Kier alpha value is 0.270. The molecule has 1 aliphatic carbocycles. The highest BCUT2D eigenvalue weighted by Crippen LogP contribution is 2.27. The SMILES string of the molecule is CN(CC1CCCC1N)C1CCSC1. The van der Waals surface area contributed by atoms with Crippen LogP contribution in [0.5, 0.6) is 0 Å². The van der Waals surface area contributed by atoms with E-state index in [2.05, 4.69) is 23.7 Å². The maximum atomic E-state index is 6.09. The average Bonchev–Trinajstić information content (AvgIpc) is 2.77. The summed E-state index contributed by atoms with van der Waals surface area (Å²) in [6.45, 7) is 1.23. The van der Waals surface area contributed by atoms with Gasteiger partial charge in [-0.05, 0) is 38.0 Å². The van der Waals surface area contributed by atoms with Crippen LogP contribution in [-0.2, 0) is 0 Å². The Bertz CT molecular complexity index is 180. The minimum absolute atomic E-state index is 0.478. The van der Waals surface area contributed by atoms with Crippen LogP contribution in [0.25, 0.3) is 0 Å². The molecule has 0 radical (unpaired) electrons. The molecule has 1 saturated carbocycles.